The second-order valence-electron chi connectivity index (χ2n) is 6.93. The number of esters is 1. The zero-order valence-corrected chi connectivity index (χ0v) is 17.3. The van der Waals surface area contributed by atoms with Gasteiger partial charge in [0.15, 0.2) is 0 Å². The summed E-state index contributed by atoms with van der Waals surface area (Å²) in [5, 5.41) is 10.5. The first-order chi connectivity index (χ1) is 14.5. The van der Waals surface area contributed by atoms with Gasteiger partial charge in [0, 0.05) is 4.90 Å². The summed E-state index contributed by atoms with van der Waals surface area (Å²) < 4.78 is 5.25. The Morgan fingerprint density at radius 2 is 1.93 bits per heavy atom. The molecule has 0 spiro atoms. The molecule has 4 rings (SSSR count). The van der Waals surface area contributed by atoms with Crippen LogP contribution in [0.5, 0.6) is 0 Å². The van der Waals surface area contributed by atoms with Crippen LogP contribution < -0.4 is 5.73 Å². The fourth-order valence-corrected chi connectivity index (χ4v) is 4.83. The van der Waals surface area contributed by atoms with E-state index in [4.69, 9.17) is 10.5 Å². The molecule has 0 saturated heterocycles. The smallest absolute Gasteiger partial charge is 0.338 e. The quantitative estimate of drug-likeness (QED) is 0.763. The number of nitrogens with zero attached hydrogens (tertiary/aromatic N) is 2. The van der Waals surface area contributed by atoms with Crippen LogP contribution >= 0.6 is 11.8 Å². The summed E-state index contributed by atoms with van der Waals surface area (Å²) >= 11 is 1.31. The summed E-state index contributed by atoms with van der Waals surface area (Å²) in [6.45, 7) is 3.81. The van der Waals surface area contributed by atoms with Gasteiger partial charge in [0.25, 0.3) is 5.91 Å². The number of hydrogen-bond donors (Lipinski definition) is 1. The molecule has 7 heteroatoms. The molecule has 1 unspecified atom stereocenters. The zero-order chi connectivity index (χ0) is 21.4. The van der Waals surface area contributed by atoms with E-state index in [-0.39, 0.29) is 23.9 Å². The third-order valence-corrected chi connectivity index (χ3v) is 6.25. The first-order valence-corrected chi connectivity index (χ1v) is 10.3. The second kappa shape index (κ2) is 7.73. The Morgan fingerprint density at radius 3 is 2.60 bits per heavy atom. The number of nitriles is 1. The largest absolute Gasteiger partial charge is 0.463 e. The molecule has 30 heavy (non-hydrogen) atoms. The number of carbonyl (C=O) groups is 2. The van der Waals surface area contributed by atoms with E-state index in [1.807, 2.05) is 43.3 Å². The number of benzene rings is 2. The fourth-order valence-electron chi connectivity index (χ4n) is 3.66. The number of carbonyl (C=O) groups excluding carboxylic acids is 2. The summed E-state index contributed by atoms with van der Waals surface area (Å²) in [5.74, 6) is -1.72. The maximum atomic E-state index is 13.2. The number of hydrogen-bond acceptors (Lipinski definition) is 6. The van der Waals surface area contributed by atoms with E-state index >= 15 is 0 Å². The molecule has 0 saturated carbocycles. The van der Waals surface area contributed by atoms with Crippen LogP contribution in [0.1, 0.15) is 34.3 Å². The van der Waals surface area contributed by atoms with Crippen LogP contribution in [0.2, 0.25) is 0 Å². The third-order valence-electron chi connectivity index (χ3n) is 5.08. The molecule has 2 aliphatic rings. The molecule has 150 valence electrons. The highest BCUT2D eigenvalue weighted by atomic mass is 32.2. The van der Waals surface area contributed by atoms with Crippen molar-refractivity contribution in [2.24, 2.45) is 5.73 Å². The van der Waals surface area contributed by atoms with Crippen molar-refractivity contribution in [3.63, 3.8) is 0 Å². The Labute approximate surface area is 178 Å². The molecule has 0 radical (unpaired) electrons. The van der Waals surface area contributed by atoms with Crippen LogP contribution in [0.3, 0.4) is 0 Å². The SMILES string of the molecule is CCOC(=O)C1=C(N)N2C(=O)c3ccccc3SC2=C(C#N)C1c1ccc(C)cc1. The van der Waals surface area contributed by atoms with Crippen molar-refractivity contribution in [3.8, 4) is 6.07 Å². The van der Waals surface area contributed by atoms with E-state index in [0.29, 0.717) is 16.2 Å². The van der Waals surface area contributed by atoms with Crippen molar-refractivity contribution in [2.45, 2.75) is 24.7 Å². The number of allylic oxidation sites excluding steroid dienone is 1. The molecule has 0 fully saturated rings. The lowest BCUT2D eigenvalue weighted by molar-refractivity contribution is -0.138. The van der Waals surface area contributed by atoms with E-state index in [1.54, 1.807) is 19.1 Å². The highest BCUT2D eigenvalue weighted by Gasteiger charge is 2.44. The van der Waals surface area contributed by atoms with Gasteiger partial charge >= 0.3 is 5.97 Å². The minimum absolute atomic E-state index is 0.0000260. The van der Waals surface area contributed by atoms with Crippen LogP contribution in [-0.2, 0) is 9.53 Å². The van der Waals surface area contributed by atoms with Crippen molar-refractivity contribution in [1.29, 1.82) is 5.26 Å². The van der Waals surface area contributed by atoms with E-state index in [9.17, 15) is 14.9 Å². The van der Waals surface area contributed by atoms with Crippen LogP contribution in [0, 0.1) is 18.3 Å². The normalized spacial score (nSPS) is 18.0. The molecule has 0 bridgehead atoms. The number of nitrogens with two attached hydrogens (primary N) is 1. The van der Waals surface area contributed by atoms with Crippen molar-refractivity contribution >= 4 is 23.6 Å². The third kappa shape index (κ3) is 3.06. The van der Waals surface area contributed by atoms with Crippen molar-refractivity contribution in [3.05, 3.63) is 87.2 Å². The van der Waals surface area contributed by atoms with Crippen molar-refractivity contribution in [2.75, 3.05) is 6.61 Å². The van der Waals surface area contributed by atoms with Crippen LogP contribution in [0.4, 0.5) is 0 Å². The van der Waals surface area contributed by atoms with Gasteiger partial charge in [0.2, 0.25) is 0 Å². The zero-order valence-electron chi connectivity index (χ0n) is 16.5. The van der Waals surface area contributed by atoms with Gasteiger partial charge in [-0.3, -0.25) is 9.69 Å². The monoisotopic (exact) mass is 417 g/mol. The van der Waals surface area contributed by atoms with E-state index in [1.165, 1.54) is 16.7 Å². The Morgan fingerprint density at radius 1 is 1.23 bits per heavy atom. The molecule has 2 aromatic rings. The van der Waals surface area contributed by atoms with Gasteiger partial charge in [-0.05, 0) is 31.5 Å². The molecule has 1 atom stereocenters. The summed E-state index contributed by atoms with van der Waals surface area (Å²) in [7, 11) is 0. The van der Waals surface area contributed by atoms with E-state index < -0.39 is 11.9 Å². The highest BCUT2D eigenvalue weighted by molar-refractivity contribution is 8.03. The topological polar surface area (TPSA) is 96.4 Å². The van der Waals surface area contributed by atoms with Gasteiger partial charge in [-0.25, -0.2) is 4.79 Å². The Balaban J connectivity index is 1.98. The molecule has 2 aromatic carbocycles. The Bertz CT molecular complexity index is 1160. The average Bonchev–Trinajstić information content (AvgIpc) is 2.74. The average molecular weight is 417 g/mol. The lowest BCUT2D eigenvalue weighted by atomic mass is 9.82. The molecule has 2 N–H and O–H groups in total. The predicted molar refractivity (Wildman–Crippen MR) is 113 cm³/mol. The number of aryl methyl sites for hydroxylation is 1. The predicted octanol–water partition coefficient (Wildman–Crippen LogP) is 3.81. The summed E-state index contributed by atoms with van der Waals surface area (Å²) in [6.07, 6.45) is 0. The summed E-state index contributed by atoms with van der Waals surface area (Å²) in [4.78, 5) is 28.2. The first kappa shape index (κ1) is 19.8. The minimum Gasteiger partial charge on any atom is -0.463 e. The molecular weight excluding hydrogens is 398 g/mol. The molecule has 1 amide bonds. The summed E-state index contributed by atoms with van der Waals surface area (Å²) in [6, 6.07) is 16.9. The molecule has 2 heterocycles. The van der Waals surface area contributed by atoms with Crippen molar-refractivity contribution in [1.82, 2.24) is 4.90 Å². The van der Waals surface area contributed by atoms with Crippen LogP contribution in [-0.4, -0.2) is 23.4 Å². The van der Waals surface area contributed by atoms with Crippen LogP contribution in [0.25, 0.3) is 0 Å². The lowest BCUT2D eigenvalue weighted by Crippen LogP contribution is -2.42. The van der Waals surface area contributed by atoms with Crippen LogP contribution in [0.15, 0.2) is 75.4 Å². The molecular formula is C23H19N3O3S. The van der Waals surface area contributed by atoms with Gasteiger partial charge in [-0.15, -0.1) is 0 Å². The second-order valence-corrected chi connectivity index (χ2v) is 7.96. The number of fused-ring (bicyclic) bond motifs is 2. The van der Waals surface area contributed by atoms with E-state index in [2.05, 4.69) is 6.07 Å². The molecule has 6 nitrogen and oxygen atoms in total. The molecule has 0 aromatic heterocycles. The van der Waals surface area contributed by atoms with Gasteiger partial charge < -0.3 is 10.5 Å². The summed E-state index contributed by atoms with van der Waals surface area (Å²) in [5.41, 5.74) is 9.08. The van der Waals surface area contributed by atoms with Gasteiger partial charge in [0.05, 0.1) is 35.3 Å². The number of rotatable bonds is 3. The van der Waals surface area contributed by atoms with E-state index in [0.717, 1.165) is 16.0 Å². The number of ether oxygens (including phenoxy) is 1. The number of thioether (sulfide) groups is 1. The van der Waals surface area contributed by atoms with Gasteiger partial charge in [-0.1, -0.05) is 53.7 Å². The molecule has 2 aliphatic heterocycles. The molecule has 0 aliphatic carbocycles. The lowest BCUT2D eigenvalue weighted by Gasteiger charge is -2.38. The Hall–Kier alpha value is -3.50. The van der Waals surface area contributed by atoms with Gasteiger partial charge in [-0.2, -0.15) is 5.26 Å². The van der Waals surface area contributed by atoms with Crippen molar-refractivity contribution < 1.29 is 14.3 Å². The standard InChI is InChI=1S/C23H19N3O3S/c1-3-29-23(28)19-18(14-10-8-13(2)9-11-14)16(12-24)22-26(20(19)25)21(27)15-6-4-5-7-17(15)30-22/h4-11,18H,3,25H2,1-2H3. The minimum atomic E-state index is -0.716. The van der Waals surface area contributed by atoms with Gasteiger partial charge in [0.1, 0.15) is 10.9 Å². The Kier molecular flexibility index (Phi) is 5.10. The fraction of sp³-hybridized carbons (Fsp3) is 0.174. The highest BCUT2D eigenvalue weighted by Crippen LogP contribution is 2.49. The number of amides is 1. The first-order valence-electron chi connectivity index (χ1n) is 9.46. The maximum absolute atomic E-state index is 13.2. The maximum Gasteiger partial charge on any atom is 0.338 e.